The van der Waals surface area contributed by atoms with Crippen LogP contribution in [0.3, 0.4) is 0 Å². The SMILES string of the molecule is F[C@H](c1ccccc1)[C@@H](Br)c1ccccc1. The van der Waals surface area contributed by atoms with Crippen molar-refractivity contribution in [3.8, 4) is 0 Å². The first-order valence-electron chi connectivity index (χ1n) is 5.17. The fraction of sp³-hybridized carbons (Fsp3) is 0.143. The molecule has 0 spiro atoms. The van der Waals surface area contributed by atoms with E-state index in [4.69, 9.17) is 0 Å². The van der Waals surface area contributed by atoms with E-state index in [0.29, 0.717) is 5.56 Å². The van der Waals surface area contributed by atoms with E-state index in [9.17, 15) is 4.39 Å². The Morgan fingerprint density at radius 2 is 1.19 bits per heavy atom. The van der Waals surface area contributed by atoms with Gasteiger partial charge in [-0.3, -0.25) is 0 Å². The van der Waals surface area contributed by atoms with E-state index in [1.165, 1.54) is 0 Å². The summed E-state index contributed by atoms with van der Waals surface area (Å²) in [7, 11) is 0. The Balaban J connectivity index is 2.20. The van der Waals surface area contributed by atoms with Gasteiger partial charge in [0.25, 0.3) is 0 Å². The third-order valence-electron chi connectivity index (χ3n) is 2.49. The number of alkyl halides is 2. The lowest BCUT2D eigenvalue weighted by atomic mass is 10.0. The Morgan fingerprint density at radius 3 is 1.69 bits per heavy atom. The molecule has 2 atom stereocenters. The van der Waals surface area contributed by atoms with Gasteiger partial charge in [0.05, 0.1) is 4.83 Å². The normalized spacial score (nSPS) is 14.4. The molecule has 0 aromatic heterocycles. The van der Waals surface area contributed by atoms with Crippen LogP contribution in [0.2, 0.25) is 0 Å². The van der Waals surface area contributed by atoms with Crippen molar-refractivity contribution in [1.82, 2.24) is 0 Å². The molecule has 0 aliphatic rings. The highest BCUT2D eigenvalue weighted by Crippen LogP contribution is 2.38. The van der Waals surface area contributed by atoms with E-state index in [2.05, 4.69) is 15.9 Å². The van der Waals surface area contributed by atoms with Crippen LogP contribution in [0.15, 0.2) is 60.7 Å². The van der Waals surface area contributed by atoms with Crippen LogP contribution in [-0.2, 0) is 0 Å². The predicted molar refractivity (Wildman–Crippen MR) is 68.4 cm³/mol. The second-order valence-electron chi connectivity index (χ2n) is 3.62. The van der Waals surface area contributed by atoms with Gasteiger partial charge in [-0.1, -0.05) is 76.6 Å². The van der Waals surface area contributed by atoms with Gasteiger partial charge in [-0.15, -0.1) is 0 Å². The summed E-state index contributed by atoms with van der Waals surface area (Å²) < 4.78 is 14.2. The summed E-state index contributed by atoms with van der Waals surface area (Å²) in [5, 5.41) is 0. The lowest BCUT2D eigenvalue weighted by Gasteiger charge is -2.15. The van der Waals surface area contributed by atoms with Crippen LogP contribution in [0.25, 0.3) is 0 Å². The van der Waals surface area contributed by atoms with Crippen molar-refractivity contribution in [2.24, 2.45) is 0 Å². The molecule has 16 heavy (non-hydrogen) atoms. The fourth-order valence-electron chi connectivity index (χ4n) is 1.61. The molecule has 0 amide bonds. The molecular formula is C14H12BrF. The summed E-state index contributed by atoms with van der Waals surface area (Å²) in [4.78, 5) is -0.295. The largest absolute Gasteiger partial charge is 0.241 e. The lowest BCUT2D eigenvalue weighted by molar-refractivity contribution is 0.340. The van der Waals surface area contributed by atoms with Crippen molar-refractivity contribution in [3.63, 3.8) is 0 Å². The van der Waals surface area contributed by atoms with Gasteiger partial charge in [0.1, 0.15) is 6.17 Å². The molecule has 2 aromatic carbocycles. The van der Waals surface area contributed by atoms with Crippen LogP contribution >= 0.6 is 15.9 Å². The Labute approximate surface area is 103 Å². The first-order valence-corrected chi connectivity index (χ1v) is 6.08. The van der Waals surface area contributed by atoms with Gasteiger partial charge in [0, 0.05) is 0 Å². The van der Waals surface area contributed by atoms with E-state index >= 15 is 0 Å². The Bertz CT molecular complexity index is 384. The molecular weight excluding hydrogens is 267 g/mol. The highest BCUT2D eigenvalue weighted by Gasteiger charge is 2.21. The molecule has 0 aliphatic carbocycles. The van der Waals surface area contributed by atoms with E-state index in [0.717, 1.165) is 5.56 Å². The Hall–Kier alpha value is -1.15. The van der Waals surface area contributed by atoms with Crippen molar-refractivity contribution in [3.05, 3.63) is 71.8 Å². The number of rotatable bonds is 3. The van der Waals surface area contributed by atoms with E-state index in [-0.39, 0.29) is 4.83 Å². The fourth-order valence-corrected chi connectivity index (χ4v) is 2.22. The average molecular weight is 279 g/mol. The maximum Gasteiger partial charge on any atom is 0.142 e. The molecule has 2 aromatic rings. The summed E-state index contributed by atoms with van der Waals surface area (Å²) >= 11 is 3.41. The van der Waals surface area contributed by atoms with Gasteiger partial charge >= 0.3 is 0 Å². The molecule has 2 heteroatoms. The summed E-state index contributed by atoms with van der Waals surface area (Å²) in [5.41, 5.74) is 1.66. The molecule has 0 bridgehead atoms. The number of hydrogen-bond donors (Lipinski definition) is 0. The second-order valence-corrected chi connectivity index (χ2v) is 4.61. The maximum atomic E-state index is 14.2. The molecule has 0 saturated heterocycles. The first-order chi connectivity index (χ1) is 7.79. The van der Waals surface area contributed by atoms with Gasteiger partial charge < -0.3 is 0 Å². The minimum atomic E-state index is -1.02. The summed E-state index contributed by atoms with van der Waals surface area (Å²) in [6.45, 7) is 0. The molecule has 0 saturated carbocycles. The van der Waals surface area contributed by atoms with Crippen LogP contribution < -0.4 is 0 Å². The molecule has 0 aliphatic heterocycles. The third kappa shape index (κ3) is 2.50. The molecule has 0 N–H and O–H groups in total. The molecule has 82 valence electrons. The highest BCUT2D eigenvalue weighted by atomic mass is 79.9. The summed E-state index contributed by atoms with van der Waals surface area (Å²) in [5.74, 6) is 0. The van der Waals surface area contributed by atoms with Gasteiger partial charge in [-0.05, 0) is 11.1 Å². The molecule has 0 unspecified atom stereocenters. The van der Waals surface area contributed by atoms with Gasteiger partial charge in [0.15, 0.2) is 0 Å². The molecule has 0 radical (unpaired) electrons. The zero-order valence-corrected chi connectivity index (χ0v) is 10.3. The van der Waals surface area contributed by atoms with Crippen molar-refractivity contribution in [2.75, 3.05) is 0 Å². The van der Waals surface area contributed by atoms with Crippen molar-refractivity contribution in [1.29, 1.82) is 0 Å². The Morgan fingerprint density at radius 1 is 0.750 bits per heavy atom. The van der Waals surface area contributed by atoms with E-state index in [1.807, 2.05) is 60.7 Å². The molecule has 0 fully saturated rings. The number of benzene rings is 2. The molecule has 2 rings (SSSR count). The van der Waals surface area contributed by atoms with Crippen LogP contribution in [-0.4, -0.2) is 0 Å². The van der Waals surface area contributed by atoms with Gasteiger partial charge in [0.2, 0.25) is 0 Å². The topological polar surface area (TPSA) is 0 Å². The zero-order chi connectivity index (χ0) is 11.4. The monoisotopic (exact) mass is 278 g/mol. The predicted octanol–water partition coefficient (Wildman–Crippen LogP) is 4.83. The van der Waals surface area contributed by atoms with Crippen LogP contribution in [0.1, 0.15) is 22.1 Å². The van der Waals surface area contributed by atoms with Gasteiger partial charge in [-0.25, -0.2) is 4.39 Å². The second kappa shape index (κ2) is 5.26. The zero-order valence-electron chi connectivity index (χ0n) is 8.68. The lowest BCUT2D eigenvalue weighted by Crippen LogP contribution is -2.00. The number of halogens is 2. The summed E-state index contributed by atoms with van der Waals surface area (Å²) in [6.07, 6.45) is -1.02. The maximum absolute atomic E-state index is 14.2. The van der Waals surface area contributed by atoms with Crippen molar-refractivity contribution in [2.45, 2.75) is 11.0 Å². The van der Waals surface area contributed by atoms with E-state index in [1.54, 1.807) is 0 Å². The van der Waals surface area contributed by atoms with Crippen molar-refractivity contribution >= 4 is 15.9 Å². The molecule has 0 heterocycles. The van der Waals surface area contributed by atoms with Crippen molar-refractivity contribution < 1.29 is 4.39 Å². The third-order valence-corrected chi connectivity index (χ3v) is 3.49. The first kappa shape index (κ1) is 11.3. The Kier molecular flexibility index (Phi) is 3.73. The average Bonchev–Trinajstić information content (AvgIpc) is 2.39. The summed E-state index contributed by atoms with van der Waals surface area (Å²) in [6, 6.07) is 18.8. The minimum absolute atomic E-state index is 0.295. The smallest absolute Gasteiger partial charge is 0.142 e. The van der Waals surface area contributed by atoms with Crippen LogP contribution in [0.5, 0.6) is 0 Å². The number of hydrogen-bond acceptors (Lipinski definition) is 0. The standard InChI is InChI=1S/C14H12BrF/c15-13(11-7-3-1-4-8-11)14(16)12-9-5-2-6-10-12/h1-10,13-14H/t13-,14+/m0/s1. The van der Waals surface area contributed by atoms with E-state index < -0.39 is 6.17 Å². The minimum Gasteiger partial charge on any atom is -0.241 e. The highest BCUT2D eigenvalue weighted by molar-refractivity contribution is 9.09. The quantitative estimate of drug-likeness (QED) is 0.706. The van der Waals surface area contributed by atoms with Crippen LogP contribution in [0.4, 0.5) is 4.39 Å². The van der Waals surface area contributed by atoms with Gasteiger partial charge in [-0.2, -0.15) is 0 Å². The molecule has 0 nitrogen and oxygen atoms in total. The van der Waals surface area contributed by atoms with Crippen LogP contribution in [0, 0.1) is 0 Å².